The molecule has 2 aliphatic heterocycles. The molecule has 0 bridgehead atoms. The second-order valence-electron chi connectivity index (χ2n) is 8.17. The average molecular weight is 506 g/mol. The van der Waals surface area contributed by atoms with E-state index < -0.39 is 35.4 Å². The number of hydrogen-bond donors (Lipinski definition) is 0. The van der Waals surface area contributed by atoms with Crippen LogP contribution in [0, 0.1) is 11.6 Å². The van der Waals surface area contributed by atoms with Crippen molar-refractivity contribution >= 4 is 18.2 Å². The van der Waals surface area contributed by atoms with E-state index in [2.05, 4.69) is 20.2 Å². The maximum Gasteiger partial charge on any atom is 0.433 e. The van der Waals surface area contributed by atoms with Crippen LogP contribution in [-0.2, 0) is 6.18 Å². The average Bonchev–Trinajstić information content (AvgIpc) is 3.54. The van der Waals surface area contributed by atoms with E-state index in [0.717, 1.165) is 18.5 Å². The van der Waals surface area contributed by atoms with E-state index >= 15 is 0 Å². The SMILES string of the molecule is O=C(N1CCN(c2ncc(F)c(-n3nccc3C(F)(F)F)n2)CC1)N1N=CCC1c1cccc(F)c1. The van der Waals surface area contributed by atoms with Gasteiger partial charge in [0.25, 0.3) is 0 Å². The van der Waals surface area contributed by atoms with Gasteiger partial charge in [-0.3, -0.25) is 0 Å². The Balaban J connectivity index is 1.29. The van der Waals surface area contributed by atoms with Crippen molar-refractivity contribution in [2.24, 2.45) is 5.10 Å². The van der Waals surface area contributed by atoms with Gasteiger partial charge in [0.05, 0.1) is 18.4 Å². The van der Waals surface area contributed by atoms with Crippen molar-refractivity contribution in [3.8, 4) is 5.82 Å². The Morgan fingerprint density at radius 3 is 2.56 bits per heavy atom. The molecule has 1 atom stereocenters. The third kappa shape index (κ3) is 4.45. The summed E-state index contributed by atoms with van der Waals surface area (Å²) in [5.41, 5.74) is -0.538. The van der Waals surface area contributed by atoms with E-state index in [1.807, 2.05) is 0 Å². The van der Waals surface area contributed by atoms with E-state index in [4.69, 9.17) is 0 Å². The van der Waals surface area contributed by atoms with Gasteiger partial charge in [-0.25, -0.2) is 28.3 Å². The third-order valence-electron chi connectivity index (χ3n) is 5.94. The van der Waals surface area contributed by atoms with Crippen molar-refractivity contribution < 1.29 is 26.7 Å². The van der Waals surface area contributed by atoms with Crippen LogP contribution in [0.15, 0.2) is 47.8 Å². The number of piperazine rings is 1. The Morgan fingerprint density at radius 2 is 1.83 bits per heavy atom. The molecular formula is C22H19F5N8O. The molecule has 0 spiro atoms. The number of aromatic nitrogens is 4. The fourth-order valence-electron chi connectivity index (χ4n) is 4.17. The number of amides is 2. The van der Waals surface area contributed by atoms with E-state index in [-0.39, 0.29) is 38.2 Å². The number of hydrogen-bond acceptors (Lipinski definition) is 6. The molecule has 2 amide bonds. The van der Waals surface area contributed by atoms with Crippen molar-refractivity contribution in [3.63, 3.8) is 0 Å². The van der Waals surface area contributed by atoms with Crippen LogP contribution >= 0.6 is 0 Å². The second kappa shape index (κ2) is 9.17. The zero-order chi connectivity index (χ0) is 25.4. The van der Waals surface area contributed by atoms with E-state index in [9.17, 15) is 26.7 Å². The summed E-state index contributed by atoms with van der Waals surface area (Å²) in [6, 6.07) is 5.94. The molecular weight excluding hydrogens is 487 g/mol. The van der Waals surface area contributed by atoms with Crippen LogP contribution in [0.2, 0.25) is 0 Å². The molecule has 2 aliphatic rings. The lowest BCUT2D eigenvalue weighted by Crippen LogP contribution is -2.52. The molecule has 0 radical (unpaired) electrons. The number of halogens is 5. The summed E-state index contributed by atoms with van der Waals surface area (Å²) in [6.45, 7) is 0.993. The zero-order valence-electron chi connectivity index (χ0n) is 18.6. The molecule has 0 N–H and O–H groups in total. The molecule has 188 valence electrons. The summed E-state index contributed by atoms with van der Waals surface area (Å²) in [7, 11) is 0. The number of carbonyl (C=O) groups is 1. The van der Waals surface area contributed by atoms with Gasteiger partial charge in [0, 0.05) is 38.8 Å². The summed E-state index contributed by atoms with van der Waals surface area (Å²) < 4.78 is 68.2. The van der Waals surface area contributed by atoms with Crippen molar-refractivity contribution in [2.75, 3.05) is 31.1 Å². The van der Waals surface area contributed by atoms with E-state index in [1.165, 1.54) is 17.1 Å². The van der Waals surface area contributed by atoms with Gasteiger partial charge in [-0.2, -0.15) is 28.4 Å². The number of urea groups is 1. The lowest BCUT2D eigenvalue weighted by molar-refractivity contribution is -0.142. The lowest BCUT2D eigenvalue weighted by Gasteiger charge is -2.37. The fraction of sp³-hybridized carbons (Fsp3) is 0.318. The topological polar surface area (TPSA) is 82.8 Å². The highest BCUT2D eigenvalue weighted by atomic mass is 19.4. The van der Waals surface area contributed by atoms with Gasteiger partial charge in [-0.1, -0.05) is 12.1 Å². The number of benzene rings is 1. The Bertz CT molecular complexity index is 1300. The molecule has 36 heavy (non-hydrogen) atoms. The summed E-state index contributed by atoms with van der Waals surface area (Å²) in [4.78, 5) is 24.2. The molecule has 4 heterocycles. The third-order valence-corrected chi connectivity index (χ3v) is 5.94. The Hall–Kier alpha value is -4.10. The molecule has 5 rings (SSSR count). The van der Waals surface area contributed by atoms with Gasteiger partial charge in [0.15, 0.2) is 11.6 Å². The van der Waals surface area contributed by atoms with Gasteiger partial charge in [-0.15, -0.1) is 0 Å². The van der Waals surface area contributed by atoms with Crippen LogP contribution < -0.4 is 4.90 Å². The maximum atomic E-state index is 14.3. The number of anilines is 1. The number of carbonyl (C=O) groups excluding carboxylic acids is 1. The number of nitrogens with zero attached hydrogens (tertiary/aromatic N) is 8. The minimum absolute atomic E-state index is 0.0129. The summed E-state index contributed by atoms with van der Waals surface area (Å²) >= 11 is 0. The largest absolute Gasteiger partial charge is 0.433 e. The molecule has 9 nitrogen and oxygen atoms in total. The van der Waals surface area contributed by atoms with E-state index in [1.54, 1.807) is 28.1 Å². The van der Waals surface area contributed by atoms with E-state index in [0.29, 0.717) is 16.7 Å². The van der Waals surface area contributed by atoms with Gasteiger partial charge in [-0.05, 0) is 23.8 Å². The first-order valence-corrected chi connectivity index (χ1v) is 11.0. The molecule has 0 aliphatic carbocycles. The van der Waals surface area contributed by atoms with Crippen LogP contribution in [-0.4, -0.2) is 68.1 Å². The monoisotopic (exact) mass is 506 g/mol. The molecule has 2 aromatic heterocycles. The fourth-order valence-corrected chi connectivity index (χ4v) is 4.17. The van der Waals surface area contributed by atoms with Gasteiger partial charge in [0.2, 0.25) is 5.95 Å². The van der Waals surface area contributed by atoms with Gasteiger partial charge in [0.1, 0.15) is 11.5 Å². The predicted molar refractivity (Wildman–Crippen MR) is 117 cm³/mol. The van der Waals surface area contributed by atoms with Gasteiger partial charge >= 0.3 is 12.2 Å². The normalized spacial score (nSPS) is 18.2. The first-order valence-electron chi connectivity index (χ1n) is 11.0. The predicted octanol–water partition coefficient (Wildman–Crippen LogP) is 3.63. The molecule has 3 aromatic rings. The second-order valence-corrected chi connectivity index (χ2v) is 8.17. The minimum atomic E-state index is -4.75. The van der Waals surface area contributed by atoms with Crippen molar-refractivity contribution in [1.82, 2.24) is 29.7 Å². The molecule has 1 saturated heterocycles. The van der Waals surface area contributed by atoms with Crippen LogP contribution in [0.3, 0.4) is 0 Å². The maximum absolute atomic E-state index is 14.3. The first kappa shape index (κ1) is 23.6. The van der Waals surface area contributed by atoms with Crippen molar-refractivity contribution in [3.05, 3.63) is 65.6 Å². The quantitative estimate of drug-likeness (QED) is 0.507. The first-order chi connectivity index (χ1) is 17.2. The molecule has 1 fully saturated rings. The molecule has 1 aromatic carbocycles. The highest BCUT2D eigenvalue weighted by molar-refractivity contribution is 5.78. The van der Waals surface area contributed by atoms with Crippen molar-refractivity contribution in [2.45, 2.75) is 18.6 Å². The minimum Gasteiger partial charge on any atom is -0.337 e. The number of rotatable bonds is 3. The van der Waals surface area contributed by atoms with Crippen LogP contribution in [0.5, 0.6) is 0 Å². The Kier molecular flexibility index (Phi) is 6.02. The van der Waals surface area contributed by atoms with Crippen LogP contribution in [0.4, 0.5) is 32.7 Å². The van der Waals surface area contributed by atoms with Crippen molar-refractivity contribution in [1.29, 1.82) is 0 Å². The van der Waals surface area contributed by atoms with Gasteiger partial charge < -0.3 is 9.80 Å². The van der Waals surface area contributed by atoms with Crippen LogP contribution in [0.25, 0.3) is 5.82 Å². The Labute approximate surface area is 201 Å². The highest BCUT2D eigenvalue weighted by Gasteiger charge is 2.37. The molecule has 0 saturated carbocycles. The number of alkyl halides is 3. The summed E-state index contributed by atoms with van der Waals surface area (Å²) in [6.07, 6.45) is -0.996. The number of hydrazone groups is 1. The zero-order valence-corrected chi connectivity index (χ0v) is 18.6. The standard InChI is InChI=1S/C22H19F5N8O/c23-15-3-1-2-14(12-15)17-4-6-29-34(17)21(36)33-10-8-32(9-11-33)20-28-13-16(24)19(31-20)35-18(5-7-30-35)22(25,26)27/h1-3,5-7,12-13,17H,4,8-11H2. The Morgan fingerprint density at radius 1 is 1.06 bits per heavy atom. The van der Waals surface area contributed by atoms with Crippen LogP contribution in [0.1, 0.15) is 23.7 Å². The molecule has 1 unspecified atom stereocenters. The summed E-state index contributed by atoms with van der Waals surface area (Å²) in [5, 5.41) is 9.05. The summed E-state index contributed by atoms with van der Waals surface area (Å²) in [5.74, 6) is -2.08. The molecule has 14 heteroatoms. The smallest absolute Gasteiger partial charge is 0.337 e. The lowest BCUT2D eigenvalue weighted by atomic mass is 10.0. The highest BCUT2D eigenvalue weighted by Crippen LogP contribution is 2.32.